The number of unbranched alkanes of at least 4 members (excludes halogenated alkanes) is 1. The van der Waals surface area contributed by atoms with Gasteiger partial charge in [-0.05, 0) is 123 Å². The highest BCUT2D eigenvalue weighted by molar-refractivity contribution is 8.76. The summed E-state index contributed by atoms with van der Waals surface area (Å²) in [4.78, 5) is 138. The van der Waals surface area contributed by atoms with E-state index in [-0.39, 0.29) is 81.0 Å². The predicted octanol–water partition coefficient (Wildman–Crippen LogP) is -1.15. The van der Waals surface area contributed by atoms with Crippen molar-refractivity contribution < 1.29 is 63.3 Å². The molecule has 0 aliphatic carbocycles. The van der Waals surface area contributed by atoms with Crippen molar-refractivity contribution >= 4 is 98.1 Å². The Bertz CT molecular complexity index is 3030. The van der Waals surface area contributed by atoms with Crippen molar-refractivity contribution in [3.05, 3.63) is 124 Å². The molecule has 27 nitrogen and oxygen atoms in total. The molecule has 5 rings (SSSR count). The van der Waals surface area contributed by atoms with Crippen LogP contribution in [0.1, 0.15) is 61.3 Å². The number of aliphatic hydroxyl groups is 1. The van der Waals surface area contributed by atoms with Gasteiger partial charge in [0.1, 0.15) is 53.8 Å². The van der Waals surface area contributed by atoms with E-state index in [1.807, 2.05) is 0 Å². The number of rotatable bonds is 24. The van der Waals surface area contributed by atoms with Gasteiger partial charge in [-0.3, -0.25) is 43.2 Å². The second kappa shape index (κ2) is 35.6. The van der Waals surface area contributed by atoms with Gasteiger partial charge in [0.25, 0.3) is 0 Å². The Morgan fingerprint density at radius 3 is 1.72 bits per heavy atom. The number of hydrogen-bond donors (Lipinski definition) is 17. The SMILES string of the molecule is C[C@@H](O)[C@@H]1NC(=O)[C@H](CCCCN)NC(=O)[C@@H](Cc2ccc(NC(=O)[C@@H](N)CCCNC(N)=O)cc2)NC(=O)[C@H](Cc2ccc(O)cc2)NC(=O)[C@H](NC(=O)[C@@H](N)Cc2ccc(Cl)cc2)CSSC[C@@H](C(=O)N[C@H](Cc2ccc(O)cc2)C(N)=O)NC1=O. The summed E-state index contributed by atoms with van der Waals surface area (Å²) in [6.45, 7) is 1.59. The molecule has 22 N–H and O–H groups in total. The number of primary amides is 2. The van der Waals surface area contributed by atoms with Gasteiger partial charge in [0.2, 0.25) is 53.2 Å². The van der Waals surface area contributed by atoms with Gasteiger partial charge in [-0.25, -0.2) is 4.79 Å². The van der Waals surface area contributed by atoms with Crippen molar-refractivity contribution in [1.29, 1.82) is 0 Å². The van der Waals surface area contributed by atoms with E-state index in [0.717, 1.165) is 21.6 Å². The molecule has 1 aliphatic heterocycles. The highest BCUT2D eigenvalue weighted by Gasteiger charge is 2.37. The van der Waals surface area contributed by atoms with Gasteiger partial charge in [0.05, 0.1) is 18.2 Å². The molecule has 1 aliphatic rings. The Hall–Kier alpha value is -8.19. The van der Waals surface area contributed by atoms with Crippen LogP contribution in [0.5, 0.6) is 11.5 Å². The van der Waals surface area contributed by atoms with Crippen molar-refractivity contribution in [1.82, 2.24) is 42.5 Å². The maximum Gasteiger partial charge on any atom is 0.312 e. The second-order valence-corrected chi connectivity index (χ2v) is 23.9. The van der Waals surface area contributed by atoms with Crippen LogP contribution in [-0.2, 0) is 68.8 Å². The highest BCUT2D eigenvalue weighted by Crippen LogP contribution is 2.25. The van der Waals surface area contributed by atoms with Crippen molar-refractivity contribution in [3.63, 3.8) is 0 Å². The molecule has 4 aromatic rings. The van der Waals surface area contributed by atoms with Gasteiger partial charge in [-0.15, -0.1) is 0 Å². The number of nitrogens with one attached hydrogen (secondary N) is 9. The molecule has 0 unspecified atom stereocenters. The third-order valence-corrected chi connectivity index (χ3v) is 16.5. The number of carbonyl (C=O) groups excluding carboxylic acids is 10. The van der Waals surface area contributed by atoms with E-state index in [0.29, 0.717) is 45.8 Å². The molecule has 11 amide bonds. The molecule has 1 fully saturated rings. The average molecular weight is 1280 g/mol. The fourth-order valence-electron chi connectivity index (χ4n) is 8.85. The molecule has 476 valence electrons. The smallest absolute Gasteiger partial charge is 0.312 e. The number of halogens is 1. The Balaban J connectivity index is 1.56. The van der Waals surface area contributed by atoms with Crippen LogP contribution in [0.4, 0.5) is 10.5 Å². The number of carbonyl (C=O) groups is 10. The topological polar surface area (TPSA) is 470 Å². The number of benzene rings is 4. The Morgan fingerprint density at radius 1 is 0.625 bits per heavy atom. The average Bonchev–Trinajstić information content (AvgIpc) is 3.66. The molecule has 0 saturated carbocycles. The summed E-state index contributed by atoms with van der Waals surface area (Å²) in [5.41, 5.74) is 31.5. The molecule has 30 heteroatoms. The van der Waals surface area contributed by atoms with Gasteiger partial charge < -0.3 is 91.8 Å². The zero-order valence-corrected chi connectivity index (χ0v) is 50.6. The number of anilines is 1. The van der Waals surface area contributed by atoms with Crippen LogP contribution in [0.15, 0.2) is 97.1 Å². The van der Waals surface area contributed by atoms with E-state index >= 15 is 0 Å². The molecule has 1 heterocycles. The van der Waals surface area contributed by atoms with E-state index < -0.39 is 120 Å². The first-order valence-electron chi connectivity index (χ1n) is 28.2. The van der Waals surface area contributed by atoms with Crippen LogP contribution in [0.2, 0.25) is 5.02 Å². The predicted molar refractivity (Wildman–Crippen MR) is 333 cm³/mol. The van der Waals surface area contributed by atoms with Crippen molar-refractivity contribution in [2.24, 2.45) is 28.7 Å². The van der Waals surface area contributed by atoms with Crippen molar-refractivity contribution in [2.45, 2.75) is 125 Å². The number of phenolic OH excluding ortho intramolecular Hbond substituents is 2. The normalized spacial score (nSPS) is 20.4. The first-order valence-corrected chi connectivity index (χ1v) is 31.0. The van der Waals surface area contributed by atoms with Gasteiger partial charge in [0, 0.05) is 48.0 Å². The van der Waals surface area contributed by atoms with Crippen LogP contribution < -0.4 is 76.5 Å². The number of phenols is 2. The van der Waals surface area contributed by atoms with Crippen LogP contribution in [0, 0.1) is 0 Å². The number of hydrogen-bond acceptors (Lipinski definition) is 18. The second-order valence-electron chi connectivity index (χ2n) is 21.0. The molecule has 10 atom stereocenters. The van der Waals surface area contributed by atoms with E-state index in [1.54, 1.807) is 36.4 Å². The standard InChI is InChI=1S/C58H77ClN14O13S2/c1-31(74)48-57(85)72-47(55(83)68-43(49(63)77)26-34-11-19-38(75)20-12-34)30-88-87-29-46(71-51(79)41(62)25-32-7-15-36(59)16-8-32)56(84)70-45(28-35-13-21-39(76)22-14-35)54(82)69-44(53(81)67-42(52(80)73-48)6-2-3-23-60)27-33-9-17-37(18-10-33)66-50(78)40(61)5-4-24-65-58(64)86/h7-22,31,40-48,74-76H,2-6,23-30,60-62H2,1H3,(H2,63,77)(H,66,78)(H,67,81)(H,68,83)(H,69,82)(H,70,84)(H,71,79)(H,72,85)(H,73,80)(H3,64,65,86)/t31-,40+,41+,42+,43-,44-,45+,46-,47+,48+/m1/s1. The number of aromatic hydroxyl groups is 2. The van der Waals surface area contributed by atoms with E-state index in [1.165, 1.54) is 67.6 Å². The third kappa shape index (κ3) is 23.8. The van der Waals surface area contributed by atoms with E-state index in [2.05, 4.69) is 47.9 Å². The summed E-state index contributed by atoms with van der Waals surface area (Å²) >= 11 is 6.09. The third-order valence-electron chi connectivity index (χ3n) is 13.8. The first kappa shape index (κ1) is 70.6. The summed E-state index contributed by atoms with van der Waals surface area (Å²) in [6.07, 6.45) is -1.16. The summed E-state index contributed by atoms with van der Waals surface area (Å²) in [5, 5.41) is 55.1. The van der Waals surface area contributed by atoms with Crippen LogP contribution in [-0.4, -0.2) is 160 Å². The fourth-order valence-corrected chi connectivity index (χ4v) is 11.3. The zero-order valence-electron chi connectivity index (χ0n) is 48.2. The molecule has 0 radical (unpaired) electrons. The van der Waals surface area contributed by atoms with Gasteiger partial charge in [-0.1, -0.05) is 81.7 Å². The minimum absolute atomic E-state index is 0.0102. The number of nitrogens with two attached hydrogens (primary N) is 5. The lowest BCUT2D eigenvalue weighted by Crippen LogP contribution is -2.62. The minimum Gasteiger partial charge on any atom is -0.508 e. The van der Waals surface area contributed by atoms with Gasteiger partial charge in [-0.2, -0.15) is 0 Å². The molecule has 0 spiro atoms. The number of urea groups is 1. The number of aliphatic hydroxyl groups excluding tert-OH is 1. The van der Waals surface area contributed by atoms with Crippen LogP contribution >= 0.6 is 33.2 Å². The largest absolute Gasteiger partial charge is 0.508 e. The molecular weight excluding hydrogens is 1200 g/mol. The van der Waals surface area contributed by atoms with Crippen molar-refractivity contribution in [3.8, 4) is 11.5 Å². The maximum atomic E-state index is 14.9. The quantitative estimate of drug-likeness (QED) is 0.0291. The molecule has 4 aromatic carbocycles. The van der Waals surface area contributed by atoms with Crippen molar-refractivity contribution in [2.75, 3.05) is 29.9 Å². The Kier molecular flexibility index (Phi) is 28.5. The van der Waals surface area contributed by atoms with Gasteiger partial charge >= 0.3 is 6.03 Å². The lowest BCUT2D eigenvalue weighted by Gasteiger charge is -2.29. The molecule has 88 heavy (non-hydrogen) atoms. The summed E-state index contributed by atoms with van der Waals surface area (Å²) < 4.78 is 0. The van der Waals surface area contributed by atoms with Gasteiger partial charge in [0.15, 0.2) is 0 Å². The minimum atomic E-state index is -1.78. The number of amides is 11. The molecule has 1 saturated heterocycles. The van der Waals surface area contributed by atoms with E-state index in [9.17, 15) is 63.3 Å². The monoisotopic (exact) mass is 1280 g/mol. The molecule has 0 bridgehead atoms. The lowest BCUT2D eigenvalue weighted by atomic mass is 10.0. The lowest BCUT2D eigenvalue weighted by molar-refractivity contribution is -0.136. The first-order chi connectivity index (χ1) is 41.9. The molecular formula is C58H77ClN14O13S2. The molecule has 0 aromatic heterocycles. The van der Waals surface area contributed by atoms with Crippen LogP contribution in [0.3, 0.4) is 0 Å². The fraction of sp³-hybridized carbons (Fsp3) is 0.414. The Labute approximate surface area is 521 Å². The highest BCUT2D eigenvalue weighted by atomic mass is 35.5. The summed E-state index contributed by atoms with van der Waals surface area (Å²) in [7, 11) is 1.88. The van der Waals surface area contributed by atoms with E-state index in [4.69, 9.17) is 40.3 Å². The summed E-state index contributed by atoms with van der Waals surface area (Å²) in [5.74, 6) is -8.77. The maximum absolute atomic E-state index is 14.9. The Morgan fingerprint density at radius 2 is 1.15 bits per heavy atom. The van der Waals surface area contributed by atoms with Crippen LogP contribution in [0.25, 0.3) is 0 Å². The summed E-state index contributed by atoms with van der Waals surface area (Å²) in [6, 6.07) is 10.6. The zero-order chi connectivity index (χ0) is 64.5.